The van der Waals surface area contributed by atoms with Crippen molar-refractivity contribution >= 4 is 0 Å². The maximum Gasteiger partial charge on any atom is 0.0496 e. The lowest BCUT2D eigenvalue weighted by Gasteiger charge is -2.18. The summed E-state index contributed by atoms with van der Waals surface area (Å²) in [6.07, 6.45) is 22.2. The lowest BCUT2D eigenvalue weighted by molar-refractivity contribution is 0.951. The van der Waals surface area contributed by atoms with E-state index in [2.05, 4.69) is 48.6 Å². The van der Waals surface area contributed by atoms with Crippen molar-refractivity contribution in [1.29, 1.82) is 0 Å². The van der Waals surface area contributed by atoms with Gasteiger partial charge in [0.1, 0.15) is 0 Å². The standard InChI is InChI=1S/C16H15N/c17-16-11-14(12-5-1-2-6-12)9-10-15(16)13-7-3-4-8-13/h1-5,7-11,16H,6,17H2. The van der Waals surface area contributed by atoms with Crippen LogP contribution in [0.3, 0.4) is 0 Å². The van der Waals surface area contributed by atoms with Crippen LogP contribution in [-0.2, 0) is 0 Å². The molecule has 0 aliphatic heterocycles. The Kier molecular flexibility index (Phi) is 2.54. The first kappa shape index (κ1) is 10.3. The highest BCUT2D eigenvalue weighted by molar-refractivity contribution is 5.57. The molecule has 0 heterocycles. The van der Waals surface area contributed by atoms with E-state index in [-0.39, 0.29) is 6.04 Å². The summed E-state index contributed by atoms with van der Waals surface area (Å²) in [6, 6.07) is -0.00102. The SMILES string of the molecule is NC1C=C(C2=CC=CC2)C=CC1=C1C=CC=C1. The van der Waals surface area contributed by atoms with Gasteiger partial charge in [0.2, 0.25) is 0 Å². The largest absolute Gasteiger partial charge is 0.321 e. The summed E-state index contributed by atoms with van der Waals surface area (Å²) in [4.78, 5) is 0. The Morgan fingerprint density at radius 2 is 1.82 bits per heavy atom. The predicted octanol–water partition coefficient (Wildman–Crippen LogP) is 3.12. The van der Waals surface area contributed by atoms with E-state index in [1.807, 2.05) is 12.2 Å². The molecule has 1 unspecified atom stereocenters. The molecule has 3 aliphatic carbocycles. The van der Waals surface area contributed by atoms with Gasteiger partial charge in [-0.25, -0.2) is 0 Å². The molecule has 0 saturated carbocycles. The van der Waals surface area contributed by atoms with Crippen LogP contribution in [0.25, 0.3) is 0 Å². The molecule has 0 radical (unpaired) electrons. The second kappa shape index (κ2) is 4.19. The van der Waals surface area contributed by atoms with E-state index < -0.39 is 0 Å². The van der Waals surface area contributed by atoms with Gasteiger partial charge in [-0.3, -0.25) is 0 Å². The molecule has 2 N–H and O–H groups in total. The number of rotatable bonds is 1. The highest BCUT2D eigenvalue weighted by atomic mass is 14.6. The van der Waals surface area contributed by atoms with E-state index >= 15 is 0 Å². The van der Waals surface area contributed by atoms with Crippen molar-refractivity contribution in [3.05, 3.63) is 83.1 Å². The summed E-state index contributed by atoms with van der Waals surface area (Å²) >= 11 is 0. The Balaban J connectivity index is 1.90. The van der Waals surface area contributed by atoms with Crippen LogP contribution in [0.2, 0.25) is 0 Å². The third kappa shape index (κ3) is 1.90. The molecule has 0 aromatic carbocycles. The Morgan fingerprint density at radius 3 is 2.47 bits per heavy atom. The minimum Gasteiger partial charge on any atom is -0.321 e. The topological polar surface area (TPSA) is 26.0 Å². The molecule has 0 spiro atoms. The highest BCUT2D eigenvalue weighted by Crippen LogP contribution is 2.28. The first-order valence-corrected chi connectivity index (χ1v) is 5.95. The minimum absolute atomic E-state index is 0.00102. The molecule has 0 bridgehead atoms. The lowest BCUT2D eigenvalue weighted by Crippen LogP contribution is -2.22. The molecule has 17 heavy (non-hydrogen) atoms. The third-order valence-corrected chi connectivity index (χ3v) is 3.30. The van der Waals surface area contributed by atoms with Gasteiger partial charge in [-0.15, -0.1) is 0 Å². The summed E-state index contributed by atoms with van der Waals surface area (Å²) < 4.78 is 0. The van der Waals surface area contributed by atoms with E-state index in [4.69, 9.17) is 5.73 Å². The summed E-state index contributed by atoms with van der Waals surface area (Å²) in [5.74, 6) is 0. The average molecular weight is 221 g/mol. The molecular weight excluding hydrogens is 206 g/mol. The van der Waals surface area contributed by atoms with Crippen LogP contribution in [0.1, 0.15) is 6.42 Å². The fraction of sp³-hybridized carbons (Fsp3) is 0.125. The van der Waals surface area contributed by atoms with Crippen LogP contribution in [0.4, 0.5) is 0 Å². The summed E-state index contributed by atoms with van der Waals surface area (Å²) in [5.41, 5.74) is 11.3. The average Bonchev–Trinajstić information content (AvgIpc) is 3.02. The molecule has 1 heteroatoms. The summed E-state index contributed by atoms with van der Waals surface area (Å²) in [5, 5.41) is 0. The van der Waals surface area contributed by atoms with Gasteiger partial charge in [0.05, 0.1) is 0 Å². The van der Waals surface area contributed by atoms with E-state index in [9.17, 15) is 0 Å². The molecule has 0 amide bonds. The molecule has 0 fully saturated rings. The van der Waals surface area contributed by atoms with Gasteiger partial charge in [0, 0.05) is 6.04 Å². The Bertz CT molecular complexity index is 534. The maximum absolute atomic E-state index is 6.22. The van der Waals surface area contributed by atoms with Crippen LogP contribution >= 0.6 is 0 Å². The number of nitrogens with two attached hydrogens (primary N) is 1. The van der Waals surface area contributed by atoms with Crippen molar-refractivity contribution in [3.8, 4) is 0 Å². The van der Waals surface area contributed by atoms with Gasteiger partial charge < -0.3 is 5.73 Å². The van der Waals surface area contributed by atoms with Gasteiger partial charge in [0.25, 0.3) is 0 Å². The molecule has 1 atom stereocenters. The van der Waals surface area contributed by atoms with Gasteiger partial charge >= 0.3 is 0 Å². The van der Waals surface area contributed by atoms with Crippen molar-refractivity contribution in [2.45, 2.75) is 12.5 Å². The second-order valence-corrected chi connectivity index (χ2v) is 4.43. The number of hydrogen-bond donors (Lipinski definition) is 1. The molecule has 3 rings (SSSR count). The van der Waals surface area contributed by atoms with Crippen molar-refractivity contribution < 1.29 is 0 Å². The zero-order chi connectivity index (χ0) is 11.7. The normalized spacial score (nSPS) is 25.8. The Labute approximate surface area is 102 Å². The van der Waals surface area contributed by atoms with Crippen LogP contribution < -0.4 is 5.73 Å². The van der Waals surface area contributed by atoms with Gasteiger partial charge in [-0.2, -0.15) is 0 Å². The fourth-order valence-electron chi connectivity index (χ4n) is 2.36. The van der Waals surface area contributed by atoms with Crippen LogP contribution in [-0.4, -0.2) is 6.04 Å². The first-order valence-electron chi connectivity index (χ1n) is 5.95. The van der Waals surface area contributed by atoms with Crippen LogP contribution in [0.15, 0.2) is 83.1 Å². The van der Waals surface area contributed by atoms with Crippen LogP contribution in [0, 0.1) is 0 Å². The van der Waals surface area contributed by atoms with Gasteiger partial charge in [0.15, 0.2) is 0 Å². The van der Waals surface area contributed by atoms with Crippen molar-refractivity contribution in [3.63, 3.8) is 0 Å². The van der Waals surface area contributed by atoms with E-state index in [0.717, 1.165) is 6.42 Å². The van der Waals surface area contributed by atoms with Crippen molar-refractivity contribution in [2.24, 2.45) is 5.73 Å². The summed E-state index contributed by atoms with van der Waals surface area (Å²) in [6.45, 7) is 0. The predicted molar refractivity (Wildman–Crippen MR) is 72.3 cm³/mol. The van der Waals surface area contributed by atoms with Crippen molar-refractivity contribution in [1.82, 2.24) is 0 Å². The molecule has 84 valence electrons. The van der Waals surface area contributed by atoms with Crippen molar-refractivity contribution in [2.75, 3.05) is 0 Å². The van der Waals surface area contributed by atoms with Gasteiger partial charge in [-0.05, 0) is 28.7 Å². The fourth-order valence-corrected chi connectivity index (χ4v) is 2.36. The zero-order valence-corrected chi connectivity index (χ0v) is 9.64. The molecular formula is C16H15N. The molecule has 3 aliphatic rings. The molecule has 1 nitrogen and oxygen atoms in total. The van der Waals surface area contributed by atoms with E-state index in [1.165, 1.54) is 22.3 Å². The zero-order valence-electron chi connectivity index (χ0n) is 9.64. The van der Waals surface area contributed by atoms with Gasteiger partial charge in [-0.1, -0.05) is 60.8 Å². The highest BCUT2D eigenvalue weighted by Gasteiger charge is 2.15. The van der Waals surface area contributed by atoms with Crippen LogP contribution in [0.5, 0.6) is 0 Å². The second-order valence-electron chi connectivity index (χ2n) is 4.43. The quantitative estimate of drug-likeness (QED) is 0.723. The van der Waals surface area contributed by atoms with E-state index in [0.29, 0.717) is 0 Å². The monoisotopic (exact) mass is 221 g/mol. The molecule has 0 saturated heterocycles. The summed E-state index contributed by atoms with van der Waals surface area (Å²) in [7, 11) is 0. The number of allylic oxidation sites excluding steroid dienone is 11. The lowest BCUT2D eigenvalue weighted by atomic mass is 9.90. The molecule has 0 aromatic rings. The Morgan fingerprint density at radius 1 is 1.00 bits per heavy atom. The third-order valence-electron chi connectivity index (χ3n) is 3.30. The first-order chi connectivity index (χ1) is 8.34. The smallest absolute Gasteiger partial charge is 0.0496 e. The van der Waals surface area contributed by atoms with E-state index in [1.54, 1.807) is 0 Å². The molecule has 0 aromatic heterocycles. The Hall–Kier alpha value is -1.86. The minimum atomic E-state index is -0.00102. The maximum atomic E-state index is 6.22. The number of hydrogen-bond acceptors (Lipinski definition) is 1.